The molecular formula is C35H53NS2. The van der Waals surface area contributed by atoms with E-state index in [4.69, 9.17) is 12.2 Å². The maximum atomic E-state index is 5.38. The van der Waals surface area contributed by atoms with Crippen molar-refractivity contribution >= 4 is 39.9 Å². The summed E-state index contributed by atoms with van der Waals surface area (Å²) in [6, 6.07) is 6.77. The third kappa shape index (κ3) is 8.10. The van der Waals surface area contributed by atoms with Gasteiger partial charge in [0.25, 0.3) is 0 Å². The Hall–Kier alpha value is -1.32. The SMILES string of the molecule is CCCCCC(C)CCC.CCCn1c(C2C=CC=CC2C)c(C2CCCCC2)c2ccc(C(=S)S)cc21. The fourth-order valence-corrected chi connectivity index (χ4v) is 6.88. The second-order valence-electron chi connectivity index (χ2n) is 11.9. The summed E-state index contributed by atoms with van der Waals surface area (Å²) in [5, 5.41) is 1.44. The molecule has 0 bridgehead atoms. The number of hydrogen-bond acceptors (Lipinski definition) is 1. The van der Waals surface area contributed by atoms with Crippen molar-refractivity contribution < 1.29 is 0 Å². The van der Waals surface area contributed by atoms with Gasteiger partial charge in [0.15, 0.2) is 0 Å². The molecule has 1 saturated carbocycles. The topological polar surface area (TPSA) is 4.93 Å². The molecule has 38 heavy (non-hydrogen) atoms. The van der Waals surface area contributed by atoms with Gasteiger partial charge in [-0.1, -0.05) is 141 Å². The van der Waals surface area contributed by atoms with Gasteiger partial charge in [0.05, 0.1) is 4.20 Å². The van der Waals surface area contributed by atoms with Gasteiger partial charge in [0.1, 0.15) is 0 Å². The molecule has 1 aromatic carbocycles. The lowest BCUT2D eigenvalue weighted by molar-refractivity contribution is 0.437. The number of unbranched alkanes of at least 4 members (excludes halogenated alkanes) is 2. The first-order chi connectivity index (χ1) is 18.4. The van der Waals surface area contributed by atoms with Crippen LogP contribution in [0.25, 0.3) is 10.9 Å². The molecule has 0 radical (unpaired) electrons. The monoisotopic (exact) mass is 551 g/mol. The Kier molecular flexibility index (Phi) is 13.2. The first-order valence-electron chi connectivity index (χ1n) is 15.7. The minimum absolute atomic E-state index is 0.451. The van der Waals surface area contributed by atoms with Crippen LogP contribution in [-0.2, 0) is 6.54 Å². The van der Waals surface area contributed by atoms with Crippen LogP contribution in [0.4, 0.5) is 0 Å². The third-order valence-electron chi connectivity index (χ3n) is 8.66. The average Bonchev–Trinajstić information content (AvgIpc) is 3.23. The lowest BCUT2D eigenvalue weighted by Crippen LogP contribution is -2.17. The normalized spacial score (nSPS) is 20.4. The van der Waals surface area contributed by atoms with E-state index in [0.717, 1.165) is 24.4 Å². The first-order valence-corrected chi connectivity index (χ1v) is 16.5. The van der Waals surface area contributed by atoms with Gasteiger partial charge < -0.3 is 4.57 Å². The maximum Gasteiger partial charge on any atom is 0.0748 e. The molecule has 2 aromatic rings. The van der Waals surface area contributed by atoms with Gasteiger partial charge in [-0.15, -0.1) is 12.6 Å². The second-order valence-corrected chi connectivity index (χ2v) is 13.0. The molecule has 1 heterocycles. The molecule has 3 heteroatoms. The fraction of sp³-hybridized carbons (Fsp3) is 0.629. The van der Waals surface area contributed by atoms with E-state index < -0.39 is 0 Å². The van der Waals surface area contributed by atoms with E-state index in [9.17, 15) is 0 Å². The van der Waals surface area contributed by atoms with Crippen molar-refractivity contribution in [3.05, 3.63) is 59.3 Å². The largest absolute Gasteiger partial charge is 0.344 e. The van der Waals surface area contributed by atoms with Gasteiger partial charge in [-0.05, 0) is 48.6 Å². The number of thiol groups is 1. The van der Waals surface area contributed by atoms with Crippen LogP contribution >= 0.6 is 24.8 Å². The number of aryl methyl sites for hydroxylation is 1. The highest BCUT2D eigenvalue weighted by Crippen LogP contribution is 2.45. The molecule has 1 fully saturated rings. The van der Waals surface area contributed by atoms with E-state index in [1.165, 1.54) is 81.5 Å². The minimum Gasteiger partial charge on any atom is -0.344 e. The van der Waals surface area contributed by atoms with Crippen LogP contribution in [0.2, 0.25) is 0 Å². The zero-order valence-corrected chi connectivity index (χ0v) is 26.6. The Morgan fingerprint density at radius 2 is 1.71 bits per heavy atom. The van der Waals surface area contributed by atoms with Gasteiger partial charge in [-0.25, -0.2) is 0 Å². The number of rotatable bonds is 11. The molecule has 0 amide bonds. The molecule has 210 valence electrons. The van der Waals surface area contributed by atoms with Crippen LogP contribution in [0, 0.1) is 11.8 Å². The molecule has 1 aromatic heterocycles. The van der Waals surface area contributed by atoms with Crippen molar-refractivity contribution in [2.75, 3.05) is 0 Å². The summed E-state index contributed by atoms with van der Waals surface area (Å²) in [4.78, 5) is 0. The zero-order valence-electron chi connectivity index (χ0n) is 24.8. The number of aromatic nitrogens is 1. The smallest absolute Gasteiger partial charge is 0.0748 e. The molecule has 3 unspecified atom stereocenters. The zero-order chi connectivity index (χ0) is 27.5. The van der Waals surface area contributed by atoms with Crippen LogP contribution in [-0.4, -0.2) is 8.76 Å². The maximum absolute atomic E-state index is 5.38. The number of thiocarbonyl (C=S) groups is 1. The lowest BCUT2D eigenvalue weighted by atomic mass is 9.78. The Balaban J connectivity index is 0.000000342. The predicted molar refractivity (Wildman–Crippen MR) is 177 cm³/mol. The van der Waals surface area contributed by atoms with Crippen LogP contribution in [0.5, 0.6) is 0 Å². The number of benzene rings is 1. The summed E-state index contributed by atoms with van der Waals surface area (Å²) in [7, 11) is 0. The summed E-state index contributed by atoms with van der Waals surface area (Å²) in [6.45, 7) is 12.6. The standard InChI is InChI=1S/C25H31NS2.C10H22/c1-3-15-26-22-16-19(25(27)28)13-14-21(22)23(18-10-5-4-6-11-18)24(26)20-12-8-7-9-17(20)2;1-4-6-7-9-10(3)8-5-2/h7-9,12-14,16-18,20H,3-6,10-11,15H2,1-2H3,(H,27,28);10H,4-9H2,1-3H3. The number of fused-ring (bicyclic) bond motifs is 1. The van der Waals surface area contributed by atoms with E-state index in [-0.39, 0.29) is 0 Å². The molecule has 4 rings (SSSR count). The van der Waals surface area contributed by atoms with Crippen LogP contribution in [0.15, 0.2) is 42.5 Å². The van der Waals surface area contributed by atoms with Crippen molar-refractivity contribution in [1.82, 2.24) is 4.57 Å². The van der Waals surface area contributed by atoms with E-state index in [2.05, 4.69) is 94.3 Å². The highest BCUT2D eigenvalue weighted by atomic mass is 32.1. The van der Waals surface area contributed by atoms with Crippen molar-refractivity contribution in [2.24, 2.45) is 11.8 Å². The van der Waals surface area contributed by atoms with Crippen molar-refractivity contribution in [2.45, 2.75) is 130 Å². The lowest BCUT2D eigenvalue weighted by Gasteiger charge is -2.29. The Morgan fingerprint density at radius 3 is 2.34 bits per heavy atom. The predicted octanol–water partition coefficient (Wildman–Crippen LogP) is 11.6. The third-order valence-corrected chi connectivity index (χ3v) is 9.16. The number of hydrogen-bond donors (Lipinski definition) is 1. The average molecular weight is 552 g/mol. The van der Waals surface area contributed by atoms with Crippen LogP contribution in [0.1, 0.15) is 140 Å². The van der Waals surface area contributed by atoms with Gasteiger partial charge in [0, 0.05) is 34.6 Å². The number of allylic oxidation sites excluding steroid dienone is 4. The van der Waals surface area contributed by atoms with E-state index in [0.29, 0.717) is 22.0 Å². The molecule has 2 aliphatic carbocycles. The van der Waals surface area contributed by atoms with Crippen molar-refractivity contribution in [3.8, 4) is 0 Å². The molecule has 0 spiro atoms. The molecule has 0 N–H and O–H groups in total. The molecule has 2 aliphatic rings. The van der Waals surface area contributed by atoms with Gasteiger partial charge in [-0.3, -0.25) is 0 Å². The van der Waals surface area contributed by atoms with E-state index >= 15 is 0 Å². The van der Waals surface area contributed by atoms with Crippen LogP contribution < -0.4 is 0 Å². The van der Waals surface area contributed by atoms with E-state index in [1.807, 2.05) is 0 Å². The van der Waals surface area contributed by atoms with Gasteiger partial charge >= 0.3 is 0 Å². The molecule has 0 saturated heterocycles. The summed E-state index contributed by atoms with van der Waals surface area (Å²) in [5.74, 6) is 2.63. The summed E-state index contributed by atoms with van der Waals surface area (Å²) < 4.78 is 3.29. The quantitative estimate of drug-likeness (QED) is 0.165. The molecule has 0 aliphatic heterocycles. The van der Waals surface area contributed by atoms with Gasteiger partial charge in [-0.2, -0.15) is 0 Å². The molecular weight excluding hydrogens is 499 g/mol. The summed E-state index contributed by atoms with van der Waals surface area (Å²) in [5.41, 5.74) is 5.59. The Labute approximate surface area is 245 Å². The highest BCUT2D eigenvalue weighted by Gasteiger charge is 2.31. The second kappa shape index (κ2) is 16.1. The van der Waals surface area contributed by atoms with Crippen molar-refractivity contribution in [3.63, 3.8) is 0 Å². The highest BCUT2D eigenvalue weighted by molar-refractivity contribution is 8.11. The first kappa shape index (κ1) is 31.2. The van der Waals surface area contributed by atoms with Crippen molar-refractivity contribution in [1.29, 1.82) is 0 Å². The van der Waals surface area contributed by atoms with Gasteiger partial charge in [0.2, 0.25) is 0 Å². The molecule has 1 nitrogen and oxygen atoms in total. The fourth-order valence-electron chi connectivity index (χ4n) is 6.61. The Morgan fingerprint density at radius 1 is 0.974 bits per heavy atom. The Bertz CT molecular complexity index is 1070. The van der Waals surface area contributed by atoms with E-state index in [1.54, 1.807) is 11.3 Å². The molecule has 3 atom stereocenters. The summed E-state index contributed by atoms with van der Waals surface area (Å²) in [6.07, 6.45) is 25.6. The van der Waals surface area contributed by atoms with Crippen LogP contribution in [0.3, 0.4) is 0 Å². The minimum atomic E-state index is 0.451. The summed E-state index contributed by atoms with van der Waals surface area (Å²) >= 11 is 9.83. The number of nitrogens with zero attached hydrogens (tertiary/aromatic N) is 1.